The number of rotatable bonds is 12. The van der Waals surface area contributed by atoms with Gasteiger partial charge in [-0.2, -0.15) is 0 Å². The Morgan fingerprint density at radius 1 is 0.694 bits per heavy atom. The number of halogens is 5. The van der Waals surface area contributed by atoms with Crippen molar-refractivity contribution in [1.82, 2.24) is 9.97 Å². The molecule has 0 amide bonds. The molecule has 13 heteroatoms. The summed E-state index contributed by atoms with van der Waals surface area (Å²) < 4.78 is 26.6. The van der Waals surface area contributed by atoms with Crippen LogP contribution in [-0.2, 0) is 23.7 Å². The minimum absolute atomic E-state index is 0.00248. The van der Waals surface area contributed by atoms with Crippen molar-refractivity contribution in [3.05, 3.63) is 54.5 Å². The largest absolute Gasteiger partial charge is 0.461 e. The first kappa shape index (κ1) is 33.1. The zero-order valence-electron chi connectivity index (χ0n) is 20.6. The van der Waals surface area contributed by atoms with Crippen LogP contribution >= 0.6 is 58.0 Å². The number of pyridine rings is 2. The molecule has 0 aromatic carbocycles. The fraction of sp³-hybridized carbons (Fsp3) is 0.522. The maximum absolute atomic E-state index is 11.8. The van der Waals surface area contributed by atoms with Gasteiger partial charge in [-0.15, -0.1) is 0 Å². The fourth-order valence-electron chi connectivity index (χ4n) is 2.74. The number of aromatic nitrogens is 2. The summed E-state index contributed by atoms with van der Waals surface area (Å²) in [4.78, 5) is 19.5. The lowest BCUT2D eigenvalue weighted by Gasteiger charge is -2.20. The Kier molecular flexibility index (Phi) is 16.1. The molecule has 0 aliphatic heterocycles. The highest BCUT2D eigenvalue weighted by Gasteiger charge is 2.25. The van der Waals surface area contributed by atoms with Crippen molar-refractivity contribution in [2.45, 2.75) is 47.2 Å². The van der Waals surface area contributed by atoms with E-state index in [1.807, 2.05) is 27.7 Å². The van der Waals surface area contributed by atoms with Crippen LogP contribution in [0.4, 0.5) is 0 Å². The van der Waals surface area contributed by atoms with Gasteiger partial charge in [0.25, 0.3) is 0 Å². The van der Waals surface area contributed by atoms with Crippen LogP contribution in [0.25, 0.3) is 0 Å². The molecule has 0 aliphatic carbocycles. The van der Waals surface area contributed by atoms with E-state index in [1.54, 1.807) is 6.92 Å². The van der Waals surface area contributed by atoms with Gasteiger partial charge in [0.15, 0.2) is 18.3 Å². The molecule has 0 aliphatic rings. The van der Waals surface area contributed by atoms with Crippen molar-refractivity contribution >= 4 is 64.0 Å². The van der Waals surface area contributed by atoms with E-state index in [0.29, 0.717) is 42.6 Å². The summed E-state index contributed by atoms with van der Waals surface area (Å²) in [5.74, 6) is -0.609. The van der Waals surface area contributed by atoms with Crippen molar-refractivity contribution < 1.29 is 28.5 Å². The molecule has 0 bridgehead atoms. The lowest BCUT2D eigenvalue weighted by Crippen LogP contribution is -2.14. The Morgan fingerprint density at radius 2 is 1.11 bits per heavy atom. The van der Waals surface area contributed by atoms with E-state index in [2.05, 4.69) is 9.97 Å². The molecule has 2 aromatic rings. The van der Waals surface area contributed by atoms with E-state index in [-0.39, 0.29) is 32.5 Å². The molecule has 0 N–H and O–H groups in total. The Balaban J connectivity index is 0.000000369. The first-order valence-electron chi connectivity index (χ1n) is 11.1. The molecule has 2 heterocycles. The second-order valence-corrected chi connectivity index (χ2v) is 8.44. The first-order chi connectivity index (χ1) is 17.2. The van der Waals surface area contributed by atoms with Crippen LogP contribution in [0, 0.1) is 0 Å². The third kappa shape index (κ3) is 9.42. The summed E-state index contributed by atoms with van der Waals surface area (Å²) in [7, 11) is 0. The fourth-order valence-corrected chi connectivity index (χ4v) is 4.01. The van der Waals surface area contributed by atoms with Crippen LogP contribution in [0.3, 0.4) is 0 Å². The Labute approximate surface area is 236 Å². The maximum Gasteiger partial charge on any atom is 0.358 e. The third-order valence-electron chi connectivity index (χ3n) is 4.19. The molecule has 0 atom stereocenters. The molecule has 2 rings (SSSR count). The minimum Gasteiger partial charge on any atom is -0.461 e. The van der Waals surface area contributed by atoms with E-state index in [4.69, 9.17) is 81.7 Å². The summed E-state index contributed by atoms with van der Waals surface area (Å²) in [6, 6.07) is 0. The molecule has 0 unspecified atom stereocenters. The van der Waals surface area contributed by atoms with Gasteiger partial charge in [0.2, 0.25) is 0 Å². The molecular weight excluding hydrogens is 578 g/mol. The molecule has 0 fully saturated rings. The first-order valence-corrected chi connectivity index (χ1v) is 13.0. The Bertz CT molecular complexity index is 970. The zero-order chi connectivity index (χ0) is 27.3. The highest BCUT2D eigenvalue weighted by molar-refractivity contribution is 6.43. The average Bonchev–Trinajstić information content (AvgIpc) is 2.83. The normalized spacial score (nSPS) is 11.0. The number of nitrogens with zero attached hydrogens (tertiary/aromatic N) is 2. The zero-order valence-corrected chi connectivity index (χ0v) is 24.4. The van der Waals surface area contributed by atoms with Gasteiger partial charge in [-0.25, -0.2) is 14.8 Å². The van der Waals surface area contributed by atoms with E-state index in [9.17, 15) is 4.79 Å². The monoisotopic (exact) mass is 604 g/mol. The molecule has 0 saturated carbocycles. The number of carbonyl (C=O) groups excluding carboxylic acids is 1. The quantitative estimate of drug-likeness (QED) is 0.138. The third-order valence-corrected chi connectivity index (χ3v) is 5.94. The van der Waals surface area contributed by atoms with Gasteiger partial charge in [0.1, 0.15) is 5.15 Å². The summed E-state index contributed by atoms with van der Waals surface area (Å²) in [5.41, 5.74) is 0.902. The van der Waals surface area contributed by atoms with Crippen LogP contribution in [0.15, 0.2) is 12.4 Å². The van der Waals surface area contributed by atoms with E-state index >= 15 is 0 Å². The lowest BCUT2D eigenvalue weighted by atomic mass is 10.2. The minimum atomic E-state index is -0.749. The van der Waals surface area contributed by atoms with Crippen molar-refractivity contribution in [3.8, 4) is 0 Å². The summed E-state index contributed by atoms with van der Waals surface area (Å²) in [6.07, 6.45) is 1.40. The van der Waals surface area contributed by atoms with Crippen LogP contribution in [0.2, 0.25) is 25.2 Å². The Hall–Kier alpha value is -0.940. The van der Waals surface area contributed by atoms with Crippen molar-refractivity contribution in [2.75, 3.05) is 33.0 Å². The van der Waals surface area contributed by atoms with Gasteiger partial charge in [0, 0.05) is 49.9 Å². The van der Waals surface area contributed by atoms with E-state index in [1.165, 1.54) is 12.4 Å². The molecule has 202 valence electrons. The molecule has 0 spiro atoms. The molecule has 0 saturated heterocycles. The topological polar surface area (TPSA) is 89.0 Å². The molecule has 36 heavy (non-hydrogen) atoms. The van der Waals surface area contributed by atoms with Crippen LogP contribution in [0.1, 0.15) is 68.8 Å². The van der Waals surface area contributed by atoms with Gasteiger partial charge in [0.05, 0.1) is 26.7 Å². The molecular formula is C23H29Cl5N2O6. The second kappa shape index (κ2) is 17.5. The standard InChI is InChI=1S/C13H17Cl2NO4.C10H12Cl3NO2/c1-4-18-12(17)11-10(15)9(8(14)7-16-11)13(19-5-2)20-6-3;1-3-15-10(16-4-2)7-6(11)5-14-9(13)8(7)12/h7,13H,4-6H2,1-3H3;5,10H,3-4H2,1-2H3. The smallest absolute Gasteiger partial charge is 0.358 e. The number of esters is 1. The van der Waals surface area contributed by atoms with Crippen molar-refractivity contribution in [1.29, 1.82) is 0 Å². The highest BCUT2D eigenvalue weighted by atomic mass is 35.5. The molecule has 8 nitrogen and oxygen atoms in total. The maximum atomic E-state index is 11.8. The second-order valence-electron chi connectivity index (χ2n) is 6.51. The van der Waals surface area contributed by atoms with E-state index < -0.39 is 18.5 Å². The number of hydrogen-bond acceptors (Lipinski definition) is 8. The van der Waals surface area contributed by atoms with Gasteiger partial charge in [-0.3, -0.25) is 0 Å². The number of ether oxygens (including phenoxy) is 5. The lowest BCUT2D eigenvalue weighted by molar-refractivity contribution is -0.140. The molecule has 2 aromatic heterocycles. The van der Waals surface area contributed by atoms with Crippen LogP contribution in [0.5, 0.6) is 0 Å². The van der Waals surface area contributed by atoms with Crippen LogP contribution < -0.4 is 0 Å². The van der Waals surface area contributed by atoms with Crippen molar-refractivity contribution in [2.24, 2.45) is 0 Å². The van der Waals surface area contributed by atoms with Gasteiger partial charge in [-0.05, 0) is 34.6 Å². The summed E-state index contributed by atoms with van der Waals surface area (Å²) in [6.45, 7) is 11.1. The summed E-state index contributed by atoms with van der Waals surface area (Å²) in [5, 5.41) is 1.19. The van der Waals surface area contributed by atoms with Gasteiger partial charge < -0.3 is 23.7 Å². The summed E-state index contributed by atoms with van der Waals surface area (Å²) >= 11 is 30.1. The van der Waals surface area contributed by atoms with Crippen molar-refractivity contribution in [3.63, 3.8) is 0 Å². The predicted octanol–water partition coefficient (Wildman–Crippen LogP) is 7.75. The number of carbonyl (C=O) groups is 1. The SMILES string of the molecule is CCOC(=O)c1ncc(Cl)c(C(OCC)OCC)c1Cl.CCOC(OCC)c1c(Cl)cnc(Cl)c1Cl. The highest BCUT2D eigenvalue weighted by Crippen LogP contribution is 2.36. The molecule has 0 radical (unpaired) electrons. The van der Waals surface area contributed by atoms with E-state index in [0.717, 1.165) is 0 Å². The van der Waals surface area contributed by atoms with Gasteiger partial charge in [-0.1, -0.05) is 58.0 Å². The van der Waals surface area contributed by atoms with Crippen LogP contribution in [-0.4, -0.2) is 49.0 Å². The predicted molar refractivity (Wildman–Crippen MR) is 141 cm³/mol. The van der Waals surface area contributed by atoms with Gasteiger partial charge >= 0.3 is 5.97 Å². The average molecular weight is 607 g/mol. The Morgan fingerprint density at radius 3 is 1.53 bits per heavy atom. The number of hydrogen-bond donors (Lipinski definition) is 0.